The second kappa shape index (κ2) is 5.65. The predicted octanol–water partition coefficient (Wildman–Crippen LogP) is 1.23. The van der Waals surface area contributed by atoms with Crippen LogP contribution in [0.5, 0.6) is 0 Å². The molecule has 2 rings (SSSR count). The Morgan fingerprint density at radius 1 is 1.50 bits per heavy atom. The van der Waals surface area contributed by atoms with Crippen LogP contribution in [0.25, 0.3) is 0 Å². The number of hydrogen-bond donors (Lipinski definition) is 1. The van der Waals surface area contributed by atoms with Crippen molar-refractivity contribution in [3.8, 4) is 0 Å². The van der Waals surface area contributed by atoms with E-state index < -0.39 is 14.9 Å². The van der Waals surface area contributed by atoms with Gasteiger partial charge in [-0.15, -0.1) is 0 Å². The number of halogens is 1. The summed E-state index contributed by atoms with van der Waals surface area (Å²) in [5.74, 6) is 0. The molecule has 110 valence electrons. The van der Waals surface area contributed by atoms with E-state index in [4.69, 9.17) is 11.6 Å². The number of non-ortho nitro benzene ring substituents is 1. The van der Waals surface area contributed by atoms with Crippen molar-refractivity contribution in [3.63, 3.8) is 0 Å². The monoisotopic (exact) mass is 319 g/mol. The van der Waals surface area contributed by atoms with Gasteiger partial charge in [-0.25, -0.2) is 8.42 Å². The summed E-state index contributed by atoms with van der Waals surface area (Å²) in [5, 5.41) is 13.6. The van der Waals surface area contributed by atoms with Gasteiger partial charge in [0.2, 0.25) is 10.0 Å². The van der Waals surface area contributed by atoms with Gasteiger partial charge >= 0.3 is 0 Å². The maximum absolute atomic E-state index is 12.5. The highest BCUT2D eigenvalue weighted by Gasteiger charge is 2.30. The molecule has 0 amide bonds. The molecule has 1 aliphatic heterocycles. The molecule has 0 saturated carbocycles. The van der Waals surface area contributed by atoms with E-state index in [1.54, 1.807) is 0 Å². The first-order valence-corrected chi connectivity index (χ1v) is 7.81. The SMILES string of the molecule is C[C@H]1CN(S(=O)(=O)c2ccc([N+](=O)[O-])cc2Cl)CCN1. The van der Waals surface area contributed by atoms with Crippen LogP contribution >= 0.6 is 11.6 Å². The van der Waals surface area contributed by atoms with Gasteiger partial charge in [0, 0.05) is 37.8 Å². The van der Waals surface area contributed by atoms with E-state index in [0.29, 0.717) is 19.6 Å². The van der Waals surface area contributed by atoms with Crippen LogP contribution in [0, 0.1) is 10.1 Å². The van der Waals surface area contributed by atoms with Crippen molar-refractivity contribution in [2.75, 3.05) is 19.6 Å². The molecule has 0 spiro atoms. The van der Waals surface area contributed by atoms with E-state index in [2.05, 4.69) is 5.32 Å². The van der Waals surface area contributed by atoms with Crippen molar-refractivity contribution in [2.24, 2.45) is 0 Å². The summed E-state index contributed by atoms with van der Waals surface area (Å²) in [6.07, 6.45) is 0. The van der Waals surface area contributed by atoms with E-state index in [1.807, 2.05) is 6.92 Å². The fraction of sp³-hybridized carbons (Fsp3) is 0.455. The van der Waals surface area contributed by atoms with Crippen LogP contribution in [-0.2, 0) is 10.0 Å². The summed E-state index contributed by atoms with van der Waals surface area (Å²) in [4.78, 5) is 9.92. The predicted molar refractivity (Wildman–Crippen MR) is 74.3 cm³/mol. The molecule has 0 unspecified atom stereocenters. The second-order valence-electron chi connectivity index (χ2n) is 4.59. The summed E-state index contributed by atoms with van der Waals surface area (Å²) < 4.78 is 26.3. The molecule has 1 atom stereocenters. The van der Waals surface area contributed by atoms with Crippen molar-refractivity contribution in [1.29, 1.82) is 0 Å². The standard InChI is InChI=1S/C11H14ClN3O4S/c1-8-7-14(5-4-13-8)20(18,19)11-3-2-9(15(16)17)6-10(11)12/h2-3,6,8,13H,4-5,7H2,1H3/t8-/m0/s1. The molecule has 0 aliphatic carbocycles. The number of nitro benzene ring substituents is 1. The Labute approximate surface area is 121 Å². The van der Waals surface area contributed by atoms with Gasteiger partial charge in [-0.2, -0.15) is 4.31 Å². The van der Waals surface area contributed by atoms with Gasteiger partial charge in [-0.3, -0.25) is 10.1 Å². The zero-order valence-corrected chi connectivity index (χ0v) is 12.3. The quantitative estimate of drug-likeness (QED) is 0.668. The Morgan fingerprint density at radius 2 is 2.20 bits per heavy atom. The largest absolute Gasteiger partial charge is 0.312 e. The van der Waals surface area contributed by atoms with Gasteiger partial charge in [0.15, 0.2) is 0 Å². The summed E-state index contributed by atoms with van der Waals surface area (Å²) >= 11 is 5.89. The molecule has 1 saturated heterocycles. The number of rotatable bonds is 3. The molecule has 0 bridgehead atoms. The minimum Gasteiger partial charge on any atom is -0.312 e. The second-order valence-corrected chi connectivity index (χ2v) is 6.90. The number of nitro groups is 1. The van der Waals surface area contributed by atoms with Crippen LogP contribution in [0.4, 0.5) is 5.69 Å². The number of piperazine rings is 1. The smallest absolute Gasteiger partial charge is 0.271 e. The number of nitrogens with one attached hydrogen (secondary N) is 1. The van der Waals surface area contributed by atoms with Crippen molar-refractivity contribution in [3.05, 3.63) is 33.3 Å². The van der Waals surface area contributed by atoms with Crippen LogP contribution in [0.2, 0.25) is 5.02 Å². The topological polar surface area (TPSA) is 92.5 Å². The van der Waals surface area contributed by atoms with Crippen molar-refractivity contribution < 1.29 is 13.3 Å². The van der Waals surface area contributed by atoms with Crippen molar-refractivity contribution >= 4 is 27.3 Å². The van der Waals surface area contributed by atoms with E-state index in [0.717, 1.165) is 12.1 Å². The maximum atomic E-state index is 12.5. The lowest BCUT2D eigenvalue weighted by molar-refractivity contribution is -0.384. The van der Waals surface area contributed by atoms with Crippen LogP contribution in [0.15, 0.2) is 23.1 Å². The van der Waals surface area contributed by atoms with Crippen LogP contribution in [-0.4, -0.2) is 43.3 Å². The first-order valence-electron chi connectivity index (χ1n) is 6.00. The number of hydrogen-bond acceptors (Lipinski definition) is 5. The van der Waals surface area contributed by atoms with Gasteiger partial charge in [0.1, 0.15) is 4.90 Å². The van der Waals surface area contributed by atoms with Gasteiger partial charge in [-0.05, 0) is 13.0 Å². The number of nitrogens with zero attached hydrogens (tertiary/aromatic N) is 2. The Morgan fingerprint density at radius 3 is 2.75 bits per heavy atom. The average molecular weight is 320 g/mol. The zero-order valence-electron chi connectivity index (χ0n) is 10.7. The van der Waals surface area contributed by atoms with E-state index in [-0.39, 0.29) is 21.6 Å². The van der Waals surface area contributed by atoms with E-state index in [9.17, 15) is 18.5 Å². The summed E-state index contributed by atoms with van der Waals surface area (Å²) in [6, 6.07) is 3.43. The Hall–Kier alpha value is -1.22. The molecule has 7 nitrogen and oxygen atoms in total. The maximum Gasteiger partial charge on any atom is 0.271 e. The molecule has 1 aromatic carbocycles. The summed E-state index contributed by atoms with van der Waals surface area (Å²) in [6.45, 7) is 3.14. The molecular weight excluding hydrogens is 306 g/mol. The minimum atomic E-state index is -3.73. The highest BCUT2D eigenvalue weighted by atomic mass is 35.5. The highest BCUT2D eigenvalue weighted by Crippen LogP contribution is 2.28. The van der Waals surface area contributed by atoms with E-state index in [1.165, 1.54) is 10.4 Å². The summed E-state index contributed by atoms with van der Waals surface area (Å²) in [7, 11) is -3.73. The molecule has 1 aliphatic rings. The van der Waals surface area contributed by atoms with Gasteiger partial charge < -0.3 is 5.32 Å². The van der Waals surface area contributed by atoms with Crippen molar-refractivity contribution in [2.45, 2.75) is 17.9 Å². The van der Waals surface area contributed by atoms with Crippen LogP contribution in [0.3, 0.4) is 0 Å². The highest BCUT2D eigenvalue weighted by molar-refractivity contribution is 7.89. The molecule has 9 heteroatoms. The average Bonchev–Trinajstić information content (AvgIpc) is 2.38. The third kappa shape index (κ3) is 2.93. The zero-order chi connectivity index (χ0) is 14.9. The van der Waals surface area contributed by atoms with Gasteiger partial charge in [0.25, 0.3) is 5.69 Å². The van der Waals surface area contributed by atoms with Gasteiger partial charge in [-0.1, -0.05) is 11.6 Å². The Balaban J connectivity index is 2.36. The lowest BCUT2D eigenvalue weighted by Crippen LogP contribution is -2.51. The minimum absolute atomic E-state index is 0.0512. The lowest BCUT2D eigenvalue weighted by atomic mass is 10.3. The molecule has 0 radical (unpaired) electrons. The van der Waals surface area contributed by atoms with E-state index >= 15 is 0 Å². The van der Waals surface area contributed by atoms with Crippen LogP contribution < -0.4 is 5.32 Å². The van der Waals surface area contributed by atoms with Gasteiger partial charge in [0.05, 0.1) is 9.95 Å². The summed E-state index contributed by atoms with van der Waals surface area (Å²) in [5.41, 5.74) is -0.234. The molecule has 1 heterocycles. The number of sulfonamides is 1. The fourth-order valence-corrected chi connectivity index (χ4v) is 4.11. The first kappa shape index (κ1) is 15.2. The Bertz CT molecular complexity index is 635. The van der Waals surface area contributed by atoms with Crippen molar-refractivity contribution in [1.82, 2.24) is 9.62 Å². The van der Waals surface area contributed by atoms with Crippen LogP contribution in [0.1, 0.15) is 6.92 Å². The fourth-order valence-electron chi connectivity index (χ4n) is 2.07. The molecule has 0 aromatic heterocycles. The number of benzene rings is 1. The lowest BCUT2D eigenvalue weighted by Gasteiger charge is -2.31. The molecule has 20 heavy (non-hydrogen) atoms. The molecule has 1 fully saturated rings. The third-order valence-corrected chi connectivity index (χ3v) is 5.42. The third-order valence-electron chi connectivity index (χ3n) is 3.08. The molecule has 1 aromatic rings. The molecule has 1 N–H and O–H groups in total. The Kier molecular flexibility index (Phi) is 4.28. The first-order chi connectivity index (χ1) is 9.32. The normalized spacial score (nSPS) is 20.8. The molecular formula is C11H14ClN3O4S.